The number of carbonyl (C=O) groups excluding carboxylic acids is 2. The number of benzene rings is 2. The third-order valence-corrected chi connectivity index (χ3v) is 7.59. The summed E-state index contributed by atoms with van der Waals surface area (Å²) >= 11 is 1.26. The number of hydrogen-bond donors (Lipinski definition) is 2. The van der Waals surface area contributed by atoms with Crippen molar-refractivity contribution in [2.75, 3.05) is 18.2 Å². The monoisotopic (exact) mass is 503 g/mol. The summed E-state index contributed by atoms with van der Waals surface area (Å²) < 4.78 is 21.9. The second-order valence-electron chi connectivity index (χ2n) is 8.84. The number of thioether (sulfide) groups is 1. The third-order valence-electron chi connectivity index (χ3n) is 6.53. The van der Waals surface area contributed by atoms with E-state index >= 15 is 0 Å². The number of amides is 2. The lowest BCUT2D eigenvalue weighted by atomic mass is 9.93. The summed E-state index contributed by atoms with van der Waals surface area (Å²) in [6, 6.07) is 10.2. The van der Waals surface area contributed by atoms with Crippen LogP contribution in [0.25, 0.3) is 16.6 Å². The van der Waals surface area contributed by atoms with Gasteiger partial charge in [-0.15, -0.1) is 11.8 Å². The Morgan fingerprint density at radius 3 is 3.03 bits per heavy atom. The number of halogens is 1. The van der Waals surface area contributed by atoms with Crippen LogP contribution in [0.15, 0.2) is 53.7 Å². The van der Waals surface area contributed by atoms with Gasteiger partial charge in [0.2, 0.25) is 5.91 Å². The van der Waals surface area contributed by atoms with Crippen molar-refractivity contribution in [3.8, 4) is 11.4 Å². The third kappa shape index (κ3) is 4.07. The van der Waals surface area contributed by atoms with Gasteiger partial charge in [-0.25, -0.2) is 9.07 Å². The van der Waals surface area contributed by atoms with Crippen molar-refractivity contribution in [1.29, 1.82) is 0 Å². The number of aryl methyl sites for hydroxylation is 1. The fraction of sp³-hybridized carbons (Fsp3) is 0.231. The fourth-order valence-electron chi connectivity index (χ4n) is 4.71. The summed E-state index contributed by atoms with van der Waals surface area (Å²) in [7, 11) is 1.63. The van der Waals surface area contributed by atoms with Crippen LogP contribution in [0.5, 0.6) is 5.75 Å². The Kier molecular flexibility index (Phi) is 5.60. The zero-order valence-corrected chi connectivity index (χ0v) is 20.2. The zero-order chi connectivity index (χ0) is 24.8. The van der Waals surface area contributed by atoms with E-state index in [4.69, 9.17) is 9.84 Å². The molecular formula is C26H22FN5O3S. The topological polar surface area (TPSA) is 98.1 Å². The summed E-state index contributed by atoms with van der Waals surface area (Å²) in [5, 5.41) is 11.4. The number of pyridine rings is 1. The minimum Gasteiger partial charge on any atom is -0.497 e. The Hall–Kier alpha value is -3.92. The van der Waals surface area contributed by atoms with E-state index in [-0.39, 0.29) is 23.3 Å². The molecular weight excluding hydrogens is 481 g/mol. The van der Waals surface area contributed by atoms with Gasteiger partial charge in [0, 0.05) is 35.1 Å². The number of rotatable bonds is 4. The highest BCUT2D eigenvalue weighted by Crippen LogP contribution is 2.34. The molecule has 4 aromatic rings. The number of aromatic nitrogens is 3. The lowest BCUT2D eigenvalue weighted by molar-refractivity contribution is -0.113. The molecule has 182 valence electrons. The van der Waals surface area contributed by atoms with Crippen LogP contribution in [0.2, 0.25) is 0 Å². The van der Waals surface area contributed by atoms with E-state index in [2.05, 4.69) is 15.6 Å². The molecule has 0 saturated carbocycles. The van der Waals surface area contributed by atoms with Crippen LogP contribution in [0.3, 0.4) is 0 Å². The van der Waals surface area contributed by atoms with E-state index in [1.165, 1.54) is 23.9 Å². The number of nitrogens with one attached hydrogen (secondary N) is 2. The van der Waals surface area contributed by atoms with Gasteiger partial charge < -0.3 is 15.4 Å². The highest BCUT2D eigenvalue weighted by atomic mass is 32.2. The van der Waals surface area contributed by atoms with Gasteiger partial charge in [-0.2, -0.15) is 5.10 Å². The first kappa shape index (κ1) is 22.5. The summed E-state index contributed by atoms with van der Waals surface area (Å²) in [5.74, 6) is -0.293. The molecule has 3 heterocycles. The van der Waals surface area contributed by atoms with Crippen molar-refractivity contribution in [1.82, 2.24) is 20.1 Å². The lowest BCUT2D eigenvalue weighted by Gasteiger charge is -2.23. The molecule has 0 fully saturated rings. The summed E-state index contributed by atoms with van der Waals surface area (Å²) in [5.41, 5.74) is 4.14. The van der Waals surface area contributed by atoms with Crippen LogP contribution >= 0.6 is 11.8 Å². The minimum absolute atomic E-state index is 0.0786. The molecule has 36 heavy (non-hydrogen) atoms. The second kappa shape index (κ2) is 8.94. The van der Waals surface area contributed by atoms with Crippen LogP contribution in [-0.2, 0) is 17.6 Å². The molecule has 2 aromatic heterocycles. The first-order valence-corrected chi connectivity index (χ1v) is 12.5. The van der Waals surface area contributed by atoms with E-state index in [0.717, 1.165) is 40.0 Å². The van der Waals surface area contributed by atoms with Gasteiger partial charge in [0.1, 0.15) is 11.6 Å². The van der Waals surface area contributed by atoms with Gasteiger partial charge in [0.25, 0.3) is 5.91 Å². The second-order valence-corrected chi connectivity index (χ2v) is 9.85. The van der Waals surface area contributed by atoms with Gasteiger partial charge in [0.15, 0.2) is 0 Å². The number of anilines is 1. The Balaban J connectivity index is 1.23. The van der Waals surface area contributed by atoms with E-state index in [9.17, 15) is 14.0 Å². The molecule has 1 atom stereocenters. The molecule has 1 unspecified atom stereocenters. The maximum atomic E-state index is 14.7. The number of nitrogens with zero attached hydrogens (tertiary/aromatic N) is 3. The number of carbonyl (C=O) groups is 2. The van der Waals surface area contributed by atoms with E-state index in [0.29, 0.717) is 23.4 Å². The summed E-state index contributed by atoms with van der Waals surface area (Å²) in [4.78, 5) is 29.7. The van der Waals surface area contributed by atoms with Crippen molar-refractivity contribution in [3.63, 3.8) is 0 Å². The number of ether oxygens (including phenoxy) is 1. The Morgan fingerprint density at radius 2 is 2.17 bits per heavy atom. The quantitative estimate of drug-likeness (QED) is 0.438. The van der Waals surface area contributed by atoms with Crippen molar-refractivity contribution < 1.29 is 18.7 Å². The Bertz CT molecular complexity index is 1540. The molecule has 2 amide bonds. The molecule has 2 N–H and O–H groups in total. The van der Waals surface area contributed by atoms with Crippen LogP contribution in [0.4, 0.5) is 10.1 Å². The molecule has 0 spiro atoms. The van der Waals surface area contributed by atoms with E-state index in [1.807, 2.05) is 35.1 Å². The number of fused-ring (bicyclic) bond motifs is 3. The molecule has 2 aromatic carbocycles. The van der Waals surface area contributed by atoms with Gasteiger partial charge in [-0.05, 0) is 54.8 Å². The fourth-order valence-corrected chi connectivity index (χ4v) is 5.53. The SMILES string of the molecule is COc1ccc2nccc(-n3cc4c(n3)CC(NC(=O)c3cc5c(cc3F)SCC(=O)N5)CC4)c2c1. The molecule has 0 saturated heterocycles. The summed E-state index contributed by atoms with van der Waals surface area (Å²) in [6.07, 6.45) is 5.77. The maximum Gasteiger partial charge on any atom is 0.254 e. The van der Waals surface area contributed by atoms with Crippen molar-refractivity contribution in [2.45, 2.75) is 30.2 Å². The molecule has 6 rings (SSSR count). The highest BCUT2D eigenvalue weighted by Gasteiger charge is 2.26. The molecule has 10 heteroatoms. The van der Waals surface area contributed by atoms with Crippen LogP contribution in [0.1, 0.15) is 28.0 Å². The molecule has 1 aliphatic heterocycles. The summed E-state index contributed by atoms with van der Waals surface area (Å²) in [6.45, 7) is 0. The molecule has 1 aliphatic carbocycles. The Labute approximate surface area is 210 Å². The first-order chi connectivity index (χ1) is 17.5. The predicted molar refractivity (Wildman–Crippen MR) is 134 cm³/mol. The number of methoxy groups -OCH3 is 1. The number of hydrogen-bond acceptors (Lipinski definition) is 6. The first-order valence-electron chi connectivity index (χ1n) is 11.6. The zero-order valence-electron chi connectivity index (χ0n) is 19.4. The average molecular weight is 504 g/mol. The molecule has 0 radical (unpaired) electrons. The van der Waals surface area contributed by atoms with Crippen molar-refractivity contribution >= 4 is 40.2 Å². The largest absolute Gasteiger partial charge is 0.497 e. The molecule has 2 aliphatic rings. The average Bonchev–Trinajstić information content (AvgIpc) is 3.31. The van der Waals surface area contributed by atoms with Crippen LogP contribution < -0.4 is 15.4 Å². The smallest absolute Gasteiger partial charge is 0.254 e. The van der Waals surface area contributed by atoms with Gasteiger partial charge in [0.05, 0.1) is 41.0 Å². The normalized spacial score (nSPS) is 16.7. The maximum absolute atomic E-state index is 14.7. The van der Waals surface area contributed by atoms with Gasteiger partial charge >= 0.3 is 0 Å². The van der Waals surface area contributed by atoms with Crippen molar-refractivity contribution in [2.24, 2.45) is 0 Å². The standard InChI is InChI=1S/C26H22FN5O3S/c1-35-16-4-5-20-18(9-16)23(6-7-28-20)32-12-14-2-3-15(8-21(14)31-32)29-26(34)17-10-22-24(11-19(17)27)36-13-25(33)30-22/h4-7,9-12,15H,2-3,8,13H2,1H3,(H,29,34)(H,30,33). The van der Waals surface area contributed by atoms with E-state index in [1.54, 1.807) is 13.3 Å². The van der Waals surface area contributed by atoms with Crippen molar-refractivity contribution in [3.05, 3.63) is 71.4 Å². The van der Waals surface area contributed by atoms with Crippen LogP contribution in [0, 0.1) is 5.82 Å². The van der Waals surface area contributed by atoms with E-state index < -0.39 is 11.7 Å². The lowest BCUT2D eigenvalue weighted by Crippen LogP contribution is -2.39. The van der Waals surface area contributed by atoms with Crippen LogP contribution in [-0.4, -0.2) is 45.5 Å². The molecule has 0 bridgehead atoms. The minimum atomic E-state index is -0.601. The highest BCUT2D eigenvalue weighted by molar-refractivity contribution is 8.00. The predicted octanol–water partition coefficient (Wildman–Crippen LogP) is 3.90. The Morgan fingerprint density at radius 1 is 1.28 bits per heavy atom. The molecule has 8 nitrogen and oxygen atoms in total. The van der Waals surface area contributed by atoms with Gasteiger partial charge in [-0.3, -0.25) is 14.6 Å². The van der Waals surface area contributed by atoms with Gasteiger partial charge in [-0.1, -0.05) is 0 Å².